The van der Waals surface area contributed by atoms with Crippen molar-refractivity contribution in [2.24, 2.45) is 11.0 Å². The van der Waals surface area contributed by atoms with Gasteiger partial charge in [0.25, 0.3) is 0 Å². The fourth-order valence-electron chi connectivity index (χ4n) is 2.17. The van der Waals surface area contributed by atoms with Gasteiger partial charge in [0.2, 0.25) is 5.82 Å². The minimum Gasteiger partial charge on any atom is -0.272 e. The van der Waals surface area contributed by atoms with Crippen LogP contribution in [0.2, 0.25) is 0 Å². The van der Waals surface area contributed by atoms with Gasteiger partial charge >= 0.3 is 0 Å². The van der Waals surface area contributed by atoms with Crippen LogP contribution in [0.4, 0.5) is 27.6 Å². The van der Waals surface area contributed by atoms with Crippen LogP contribution in [0.15, 0.2) is 5.10 Å². The fourth-order valence-corrected chi connectivity index (χ4v) is 2.17. The molecule has 0 aromatic heterocycles. The average molecular weight is 292 g/mol. The van der Waals surface area contributed by atoms with Crippen molar-refractivity contribution in [1.29, 1.82) is 0 Å². The zero-order valence-corrected chi connectivity index (χ0v) is 10.7. The summed E-state index contributed by atoms with van der Waals surface area (Å²) in [4.78, 5) is 0. The predicted molar refractivity (Wildman–Crippen MR) is 64.9 cm³/mol. The second kappa shape index (κ2) is 5.76. The van der Waals surface area contributed by atoms with Crippen molar-refractivity contribution in [3.05, 3.63) is 29.1 Å². The lowest BCUT2D eigenvalue weighted by Gasteiger charge is -2.20. The Labute approximate surface area is 112 Å². The number of hydrogen-bond donors (Lipinski definition) is 1. The molecule has 1 aromatic carbocycles. The monoisotopic (exact) mass is 292 g/mol. The van der Waals surface area contributed by atoms with Crippen molar-refractivity contribution in [2.75, 3.05) is 5.43 Å². The largest absolute Gasteiger partial charge is 0.272 e. The Bertz CT molecular complexity index is 527. The number of nitrogens with zero attached hydrogens (tertiary/aromatic N) is 1. The van der Waals surface area contributed by atoms with Crippen molar-refractivity contribution < 1.29 is 22.0 Å². The van der Waals surface area contributed by atoms with Gasteiger partial charge in [-0.2, -0.15) is 5.10 Å². The Morgan fingerprint density at radius 3 is 2.00 bits per heavy atom. The Morgan fingerprint density at radius 1 is 0.900 bits per heavy atom. The van der Waals surface area contributed by atoms with E-state index in [0.717, 1.165) is 19.3 Å². The van der Waals surface area contributed by atoms with Crippen molar-refractivity contribution in [2.45, 2.75) is 32.6 Å². The van der Waals surface area contributed by atoms with Crippen LogP contribution < -0.4 is 5.43 Å². The topological polar surface area (TPSA) is 24.4 Å². The molecule has 0 heterocycles. The third-order valence-electron chi connectivity index (χ3n) is 3.41. The molecule has 1 fully saturated rings. The van der Waals surface area contributed by atoms with E-state index < -0.39 is 34.8 Å². The zero-order valence-electron chi connectivity index (χ0n) is 10.7. The van der Waals surface area contributed by atoms with Crippen molar-refractivity contribution in [1.82, 2.24) is 0 Å². The molecule has 2 nitrogen and oxygen atoms in total. The Kier molecular flexibility index (Phi) is 4.25. The number of nitrogens with one attached hydrogen (secondary N) is 1. The van der Waals surface area contributed by atoms with Crippen LogP contribution in [0.1, 0.15) is 32.6 Å². The van der Waals surface area contributed by atoms with Gasteiger partial charge in [0.15, 0.2) is 23.3 Å². The molecule has 110 valence electrons. The summed E-state index contributed by atoms with van der Waals surface area (Å²) >= 11 is 0. The van der Waals surface area contributed by atoms with Crippen LogP contribution in [-0.2, 0) is 0 Å². The van der Waals surface area contributed by atoms with E-state index in [-0.39, 0.29) is 5.92 Å². The molecule has 0 amide bonds. The van der Waals surface area contributed by atoms with Gasteiger partial charge in [-0.05, 0) is 25.2 Å². The molecule has 1 aliphatic carbocycles. The summed E-state index contributed by atoms with van der Waals surface area (Å²) in [5, 5.41) is 3.80. The normalized spacial score (nSPS) is 21.3. The Balaban J connectivity index is 2.32. The number of hydrogen-bond acceptors (Lipinski definition) is 2. The van der Waals surface area contributed by atoms with Crippen LogP contribution in [-0.4, -0.2) is 5.71 Å². The van der Waals surface area contributed by atoms with E-state index >= 15 is 0 Å². The van der Waals surface area contributed by atoms with E-state index in [4.69, 9.17) is 0 Å². The summed E-state index contributed by atoms with van der Waals surface area (Å²) < 4.78 is 65.7. The smallest absolute Gasteiger partial charge is 0.200 e. The first-order valence-electron chi connectivity index (χ1n) is 6.27. The van der Waals surface area contributed by atoms with Crippen LogP contribution in [0, 0.1) is 35.0 Å². The maximum atomic E-state index is 13.4. The van der Waals surface area contributed by atoms with Gasteiger partial charge in [0.05, 0.1) is 0 Å². The van der Waals surface area contributed by atoms with Crippen molar-refractivity contribution in [3.63, 3.8) is 0 Å². The molecule has 2 rings (SSSR count). The van der Waals surface area contributed by atoms with E-state index in [9.17, 15) is 22.0 Å². The molecule has 1 aliphatic rings. The van der Waals surface area contributed by atoms with Crippen LogP contribution in [0.3, 0.4) is 0 Å². The van der Waals surface area contributed by atoms with Gasteiger partial charge in [-0.15, -0.1) is 0 Å². The highest BCUT2D eigenvalue weighted by molar-refractivity contribution is 5.87. The van der Waals surface area contributed by atoms with Crippen molar-refractivity contribution >= 4 is 11.4 Å². The highest BCUT2D eigenvalue weighted by Crippen LogP contribution is 2.28. The standard InChI is InChI=1S/C13H13F5N2/c1-6-4-2-3-5-7(6)19-20-13-11(17)9(15)8(14)10(16)12(13)18/h6,20H,2-5H2,1H3/b19-7-/t6-/m1/s1. The van der Waals surface area contributed by atoms with Gasteiger partial charge in [-0.3, -0.25) is 5.43 Å². The first kappa shape index (κ1) is 14.7. The van der Waals surface area contributed by atoms with E-state index in [1.807, 2.05) is 12.3 Å². The van der Waals surface area contributed by atoms with E-state index in [0.29, 0.717) is 12.1 Å². The molecule has 0 bridgehead atoms. The number of anilines is 1. The molecule has 1 atom stereocenters. The molecule has 0 unspecified atom stereocenters. The first-order valence-corrected chi connectivity index (χ1v) is 6.27. The summed E-state index contributed by atoms with van der Waals surface area (Å²) in [6.07, 6.45) is 3.45. The van der Waals surface area contributed by atoms with Gasteiger partial charge in [-0.1, -0.05) is 13.3 Å². The third kappa shape index (κ3) is 2.62. The van der Waals surface area contributed by atoms with Gasteiger partial charge in [0.1, 0.15) is 5.69 Å². The maximum absolute atomic E-state index is 13.4. The second-order valence-electron chi connectivity index (χ2n) is 4.81. The maximum Gasteiger partial charge on any atom is 0.200 e. The molecule has 0 radical (unpaired) electrons. The minimum atomic E-state index is -2.18. The summed E-state index contributed by atoms with van der Waals surface area (Å²) in [5.41, 5.74) is 1.53. The molecule has 0 spiro atoms. The van der Waals surface area contributed by atoms with Gasteiger partial charge < -0.3 is 0 Å². The Morgan fingerprint density at radius 2 is 1.45 bits per heavy atom. The zero-order chi connectivity index (χ0) is 14.9. The van der Waals surface area contributed by atoms with Crippen LogP contribution in [0.5, 0.6) is 0 Å². The molecule has 0 saturated heterocycles. The third-order valence-corrected chi connectivity index (χ3v) is 3.41. The predicted octanol–water partition coefficient (Wildman–Crippen LogP) is 4.36. The molecule has 1 saturated carbocycles. The van der Waals surface area contributed by atoms with E-state index in [2.05, 4.69) is 5.10 Å². The summed E-state index contributed by atoms with van der Waals surface area (Å²) in [5.74, 6) is -9.84. The average Bonchev–Trinajstić information content (AvgIpc) is 2.45. The SMILES string of the molecule is C[C@@H]1CCCC/C1=N/Nc1c(F)c(F)c(F)c(F)c1F. The molecular formula is C13H13F5N2. The lowest BCUT2D eigenvalue weighted by Crippen LogP contribution is -2.18. The van der Waals surface area contributed by atoms with E-state index in [1.54, 1.807) is 0 Å². The molecule has 1 N–H and O–H groups in total. The van der Waals surface area contributed by atoms with Crippen LogP contribution >= 0.6 is 0 Å². The summed E-state index contributed by atoms with van der Waals surface area (Å²) in [6, 6.07) is 0. The molecule has 7 heteroatoms. The minimum absolute atomic E-state index is 0.123. The van der Waals surface area contributed by atoms with Crippen LogP contribution in [0.25, 0.3) is 0 Å². The lowest BCUT2D eigenvalue weighted by molar-refractivity contribution is 0.381. The molecular weight excluding hydrogens is 279 g/mol. The van der Waals surface area contributed by atoms with Gasteiger partial charge in [0, 0.05) is 5.71 Å². The summed E-state index contributed by atoms with van der Waals surface area (Å²) in [7, 11) is 0. The van der Waals surface area contributed by atoms with Gasteiger partial charge in [-0.25, -0.2) is 22.0 Å². The molecule has 20 heavy (non-hydrogen) atoms. The summed E-state index contributed by atoms with van der Waals surface area (Å²) in [6.45, 7) is 1.90. The molecule has 0 aliphatic heterocycles. The number of halogens is 5. The molecule has 1 aromatic rings. The fraction of sp³-hybridized carbons (Fsp3) is 0.462. The highest BCUT2D eigenvalue weighted by Gasteiger charge is 2.26. The lowest BCUT2D eigenvalue weighted by atomic mass is 9.89. The van der Waals surface area contributed by atoms with E-state index in [1.165, 1.54) is 0 Å². The first-order chi connectivity index (χ1) is 9.43. The number of hydrazone groups is 1. The number of benzene rings is 1. The second-order valence-corrected chi connectivity index (χ2v) is 4.81. The Hall–Kier alpha value is -1.66. The highest BCUT2D eigenvalue weighted by atomic mass is 19.2. The van der Waals surface area contributed by atoms with Crippen molar-refractivity contribution in [3.8, 4) is 0 Å². The quantitative estimate of drug-likeness (QED) is 0.372. The number of rotatable bonds is 2.